The third-order valence-corrected chi connectivity index (χ3v) is 11.3. The fourth-order valence-corrected chi connectivity index (χ4v) is 7.71. The lowest BCUT2D eigenvalue weighted by atomic mass is 9.99. The quantitative estimate of drug-likeness (QED) is 0.0183. The summed E-state index contributed by atoms with van der Waals surface area (Å²) in [5.74, 6) is -0.682. The van der Waals surface area contributed by atoms with Gasteiger partial charge in [0.15, 0.2) is 6.29 Å². The minimum Gasteiger partial charge on any atom is -0.394 e. The Morgan fingerprint density at radius 3 is 1.64 bits per heavy atom. The van der Waals surface area contributed by atoms with Gasteiger partial charge in [-0.3, -0.25) is 9.35 Å². The van der Waals surface area contributed by atoms with E-state index in [0.717, 1.165) is 77.0 Å². The number of allylic oxidation sites excluding steroid dienone is 4. The highest BCUT2D eigenvalue weighted by molar-refractivity contribution is 7.80. The lowest BCUT2D eigenvalue weighted by molar-refractivity contribution is -0.298. The predicted molar refractivity (Wildman–Crippen MR) is 228 cm³/mol. The van der Waals surface area contributed by atoms with E-state index in [1.165, 1.54) is 70.6 Å². The van der Waals surface area contributed by atoms with Gasteiger partial charge in [-0.25, -0.2) is 4.18 Å². The summed E-state index contributed by atoms with van der Waals surface area (Å²) in [5.41, 5.74) is 0. The SMILES string of the molecule is CCCCCCCCCCC/C=C\C/C=C\CCCCCCCCC(O)C(=O)NC(COC1OC(CO)C(O)C(OS(=O)(=O)O)C1O)C(O)CCCCCCCCC. The Labute approximate surface area is 351 Å². The van der Waals surface area contributed by atoms with Gasteiger partial charge in [0, 0.05) is 0 Å². The highest BCUT2D eigenvalue weighted by Crippen LogP contribution is 2.26. The second kappa shape index (κ2) is 35.2. The molecule has 58 heavy (non-hydrogen) atoms. The Morgan fingerprint density at radius 1 is 0.690 bits per heavy atom. The first kappa shape index (κ1) is 54.6. The summed E-state index contributed by atoms with van der Waals surface area (Å²) >= 11 is 0. The van der Waals surface area contributed by atoms with Crippen molar-refractivity contribution in [2.75, 3.05) is 13.2 Å². The first-order valence-electron chi connectivity index (χ1n) is 22.8. The second-order valence-electron chi connectivity index (χ2n) is 16.1. The van der Waals surface area contributed by atoms with Crippen LogP contribution in [0.3, 0.4) is 0 Å². The molecule has 0 saturated carbocycles. The molecule has 13 nitrogen and oxygen atoms in total. The first-order chi connectivity index (χ1) is 27.9. The lowest BCUT2D eigenvalue weighted by Gasteiger charge is -2.41. The average molecular weight is 850 g/mol. The van der Waals surface area contributed by atoms with E-state index in [4.69, 9.17) is 14.0 Å². The molecule has 1 fully saturated rings. The van der Waals surface area contributed by atoms with Gasteiger partial charge in [-0.05, 0) is 44.9 Å². The van der Waals surface area contributed by atoms with Crippen LogP contribution < -0.4 is 5.32 Å². The van der Waals surface area contributed by atoms with Gasteiger partial charge < -0.3 is 40.3 Å². The zero-order valence-electron chi connectivity index (χ0n) is 36.0. The molecule has 1 saturated heterocycles. The fraction of sp³-hybridized carbons (Fsp3) is 0.886. The van der Waals surface area contributed by atoms with Crippen molar-refractivity contribution in [2.45, 2.75) is 236 Å². The van der Waals surface area contributed by atoms with Gasteiger partial charge in [-0.15, -0.1) is 0 Å². The molecule has 0 aromatic rings. The van der Waals surface area contributed by atoms with Crippen molar-refractivity contribution in [1.29, 1.82) is 0 Å². The third-order valence-electron chi connectivity index (χ3n) is 10.9. The van der Waals surface area contributed by atoms with Crippen molar-refractivity contribution in [1.82, 2.24) is 5.32 Å². The molecular formula is C44H83NO12S. The van der Waals surface area contributed by atoms with E-state index in [1.54, 1.807) is 0 Å². The largest absolute Gasteiger partial charge is 0.397 e. The number of aliphatic hydroxyl groups excluding tert-OH is 5. The fourth-order valence-electron chi connectivity index (χ4n) is 7.20. The zero-order valence-corrected chi connectivity index (χ0v) is 36.8. The molecule has 1 aliphatic heterocycles. The number of hydrogen-bond acceptors (Lipinski definition) is 11. The molecule has 1 amide bonds. The van der Waals surface area contributed by atoms with Crippen molar-refractivity contribution in [2.24, 2.45) is 0 Å². The van der Waals surface area contributed by atoms with Crippen molar-refractivity contribution in [3.8, 4) is 0 Å². The monoisotopic (exact) mass is 850 g/mol. The van der Waals surface area contributed by atoms with E-state index in [9.17, 15) is 38.7 Å². The summed E-state index contributed by atoms with van der Waals surface area (Å²) in [6.45, 7) is 3.20. The molecule has 342 valence electrons. The van der Waals surface area contributed by atoms with E-state index in [0.29, 0.717) is 19.3 Å². The molecule has 0 aromatic carbocycles. The molecule has 0 bridgehead atoms. The van der Waals surface area contributed by atoms with Crippen LogP contribution in [0.1, 0.15) is 187 Å². The summed E-state index contributed by atoms with van der Waals surface area (Å²) in [5, 5.41) is 55.0. The maximum Gasteiger partial charge on any atom is 0.397 e. The maximum atomic E-state index is 13.0. The Balaban J connectivity index is 2.43. The van der Waals surface area contributed by atoms with Crippen molar-refractivity contribution >= 4 is 16.3 Å². The summed E-state index contributed by atoms with van der Waals surface area (Å²) in [7, 11) is -5.10. The Bertz CT molecular complexity index is 1160. The van der Waals surface area contributed by atoms with Crippen molar-refractivity contribution < 1.29 is 57.0 Å². The number of aliphatic hydroxyl groups is 5. The van der Waals surface area contributed by atoms with Crippen LogP contribution in [0.25, 0.3) is 0 Å². The number of nitrogens with one attached hydrogen (secondary N) is 1. The van der Waals surface area contributed by atoms with E-state index in [2.05, 4.69) is 47.7 Å². The highest BCUT2D eigenvalue weighted by Gasteiger charge is 2.48. The third kappa shape index (κ3) is 27.4. The lowest BCUT2D eigenvalue weighted by Crippen LogP contribution is -2.61. The molecule has 1 rings (SSSR count). The zero-order chi connectivity index (χ0) is 42.9. The molecule has 0 radical (unpaired) electrons. The van der Waals surface area contributed by atoms with Gasteiger partial charge in [-0.2, -0.15) is 8.42 Å². The second-order valence-corrected chi connectivity index (χ2v) is 17.2. The number of amides is 1. The van der Waals surface area contributed by atoms with E-state index in [1.807, 2.05) is 0 Å². The molecule has 1 aliphatic rings. The topological polar surface area (TPSA) is 212 Å². The van der Waals surface area contributed by atoms with Gasteiger partial charge in [0.25, 0.3) is 0 Å². The normalized spacial score (nSPS) is 21.8. The van der Waals surface area contributed by atoms with E-state index in [-0.39, 0.29) is 6.42 Å². The van der Waals surface area contributed by atoms with Crippen LogP contribution in [-0.2, 0) is 28.9 Å². The number of hydrogen-bond donors (Lipinski definition) is 7. The molecule has 8 atom stereocenters. The van der Waals surface area contributed by atoms with E-state index < -0.39 is 78.5 Å². The number of rotatable bonds is 38. The minimum absolute atomic E-state index is 0.248. The van der Waals surface area contributed by atoms with Crippen LogP contribution in [0.15, 0.2) is 24.3 Å². The molecule has 7 N–H and O–H groups in total. The van der Waals surface area contributed by atoms with Crippen LogP contribution in [0.4, 0.5) is 0 Å². The maximum absolute atomic E-state index is 13.0. The van der Waals surface area contributed by atoms with Crippen molar-refractivity contribution in [3.05, 3.63) is 24.3 Å². The average Bonchev–Trinajstić information content (AvgIpc) is 3.19. The van der Waals surface area contributed by atoms with Crippen molar-refractivity contribution in [3.63, 3.8) is 0 Å². The van der Waals surface area contributed by atoms with Crippen LogP contribution in [-0.4, -0.2) is 107 Å². The van der Waals surface area contributed by atoms with Gasteiger partial charge in [-0.1, -0.05) is 167 Å². The molecular weight excluding hydrogens is 767 g/mol. The number of carbonyl (C=O) groups is 1. The van der Waals surface area contributed by atoms with Gasteiger partial charge in [0.05, 0.1) is 25.4 Å². The summed E-state index contributed by atoms with van der Waals surface area (Å²) < 4.78 is 47.3. The number of carbonyl (C=O) groups excluding carboxylic acids is 1. The molecule has 0 spiro atoms. The number of ether oxygens (including phenoxy) is 2. The van der Waals surface area contributed by atoms with Crippen LogP contribution in [0, 0.1) is 0 Å². The van der Waals surface area contributed by atoms with Crippen LogP contribution >= 0.6 is 0 Å². The first-order valence-corrected chi connectivity index (χ1v) is 24.2. The molecule has 14 heteroatoms. The van der Waals surface area contributed by atoms with Crippen LogP contribution in [0.5, 0.6) is 0 Å². The van der Waals surface area contributed by atoms with Gasteiger partial charge in [0.2, 0.25) is 5.91 Å². The van der Waals surface area contributed by atoms with Crippen LogP contribution in [0.2, 0.25) is 0 Å². The summed E-state index contributed by atoms with van der Waals surface area (Å²) in [6.07, 6.45) is 27.0. The van der Waals surface area contributed by atoms with Gasteiger partial charge >= 0.3 is 10.4 Å². The Morgan fingerprint density at radius 2 is 1.16 bits per heavy atom. The molecule has 8 unspecified atom stereocenters. The predicted octanol–water partition coefficient (Wildman–Crippen LogP) is 7.52. The smallest absolute Gasteiger partial charge is 0.394 e. The highest BCUT2D eigenvalue weighted by atomic mass is 32.3. The van der Waals surface area contributed by atoms with Gasteiger partial charge in [0.1, 0.15) is 30.5 Å². The van der Waals surface area contributed by atoms with E-state index >= 15 is 0 Å². The Hall–Kier alpha value is -1.46. The molecule has 0 aliphatic carbocycles. The summed E-state index contributed by atoms with van der Waals surface area (Å²) in [6, 6.07) is -1.03. The minimum atomic E-state index is -5.10. The summed E-state index contributed by atoms with van der Waals surface area (Å²) in [4.78, 5) is 13.0. The molecule has 1 heterocycles. The Kier molecular flexibility index (Phi) is 33.1. The number of unbranched alkanes of at least 4 members (excludes halogenated alkanes) is 21. The standard InChI is InChI=1S/C44H83NO12S/c1-3-5-7-9-11-12-13-14-15-16-17-18-19-20-21-22-23-24-25-27-29-31-33-38(48)43(51)45-36(37(47)32-30-28-26-10-8-6-4-2)35-55-44-41(50)42(57-58(52,53)54)40(49)39(34-46)56-44/h17-18,20-21,36-42,44,46-50H,3-16,19,22-35H2,1-2H3,(H,45,51)(H,52,53,54)/b18-17-,21-20-. The molecule has 0 aromatic heterocycles.